The van der Waals surface area contributed by atoms with E-state index in [1.165, 1.54) is 5.57 Å². The third-order valence-electron chi connectivity index (χ3n) is 3.60. The summed E-state index contributed by atoms with van der Waals surface area (Å²) in [7, 11) is 0. The third-order valence-corrected chi connectivity index (χ3v) is 3.60. The molecular weight excluding hydrogens is 260 g/mol. The second-order valence-corrected chi connectivity index (χ2v) is 5.37. The van der Waals surface area contributed by atoms with Crippen molar-refractivity contribution in [2.24, 2.45) is 0 Å². The summed E-state index contributed by atoms with van der Waals surface area (Å²) in [6, 6.07) is 9.84. The molecule has 2 aliphatic rings. The van der Waals surface area contributed by atoms with Crippen LogP contribution in [0.5, 0.6) is 5.75 Å². The molecule has 2 heteroatoms. The summed E-state index contributed by atoms with van der Waals surface area (Å²) in [5.74, 6) is 1.75. The minimum absolute atomic E-state index is 0.134. The highest BCUT2D eigenvalue weighted by Gasteiger charge is 2.15. The van der Waals surface area contributed by atoms with Gasteiger partial charge < -0.3 is 9.47 Å². The van der Waals surface area contributed by atoms with E-state index in [1.54, 1.807) is 0 Å². The molecule has 0 heterocycles. The Labute approximate surface area is 126 Å². The molecule has 3 rings (SSSR count). The largest absolute Gasteiger partial charge is 0.458 e. The van der Waals surface area contributed by atoms with Crippen molar-refractivity contribution in [1.29, 1.82) is 0 Å². The molecule has 108 valence electrons. The van der Waals surface area contributed by atoms with Crippen LogP contribution in [-0.2, 0) is 4.74 Å². The van der Waals surface area contributed by atoms with Crippen LogP contribution in [-0.4, -0.2) is 12.2 Å². The van der Waals surface area contributed by atoms with Crippen molar-refractivity contribution < 1.29 is 9.47 Å². The summed E-state index contributed by atoms with van der Waals surface area (Å²) in [5, 5.41) is 0. The van der Waals surface area contributed by atoms with Gasteiger partial charge in [-0.05, 0) is 44.1 Å². The lowest BCUT2D eigenvalue weighted by atomic mass is 10.1. The predicted molar refractivity (Wildman–Crippen MR) is 85.1 cm³/mol. The number of para-hydroxylation sites is 1. The van der Waals surface area contributed by atoms with Crippen molar-refractivity contribution in [2.75, 3.05) is 0 Å². The summed E-state index contributed by atoms with van der Waals surface area (Å²) in [6.07, 6.45) is 14.8. The van der Waals surface area contributed by atoms with Gasteiger partial charge >= 0.3 is 0 Å². The molecule has 21 heavy (non-hydrogen) atoms. The van der Waals surface area contributed by atoms with Crippen molar-refractivity contribution in [2.45, 2.75) is 32.0 Å². The van der Waals surface area contributed by atoms with Crippen LogP contribution in [0.15, 0.2) is 78.1 Å². The van der Waals surface area contributed by atoms with Crippen LogP contribution in [0, 0.1) is 0 Å². The highest BCUT2D eigenvalue weighted by Crippen LogP contribution is 2.21. The lowest BCUT2D eigenvalue weighted by molar-refractivity contribution is 0.0428. The van der Waals surface area contributed by atoms with Gasteiger partial charge in [-0.3, -0.25) is 0 Å². The van der Waals surface area contributed by atoms with Crippen molar-refractivity contribution >= 4 is 0 Å². The van der Waals surface area contributed by atoms with Gasteiger partial charge in [-0.2, -0.15) is 0 Å². The molecule has 2 nitrogen and oxygen atoms in total. The average molecular weight is 280 g/mol. The van der Waals surface area contributed by atoms with E-state index in [4.69, 9.17) is 9.47 Å². The van der Waals surface area contributed by atoms with Gasteiger partial charge in [0.1, 0.15) is 11.5 Å². The third kappa shape index (κ3) is 3.96. The second kappa shape index (κ2) is 6.59. The molecule has 2 atom stereocenters. The highest BCUT2D eigenvalue weighted by molar-refractivity contribution is 5.28. The average Bonchev–Trinajstić information content (AvgIpc) is 2.53. The predicted octanol–water partition coefficient (Wildman–Crippen LogP) is 4.57. The monoisotopic (exact) mass is 280 g/mol. The minimum atomic E-state index is 0.134. The molecule has 0 saturated carbocycles. The lowest BCUT2D eigenvalue weighted by Crippen LogP contribution is -2.21. The Morgan fingerprint density at radius 3 is 2.24 bits per heavy atom. The summed E-state index contributed by atoms with van der Waals surface area (Å²) in [6.45, 7) is 2.11. The van der Waals surface area contributed by atoms with E-state index in [1.807, 2.05) is 36.4 Å². The maximum absolute atomic E-state index is 6.06. The fraction of sp³-hybridized carbons (Fsp3) is 0.263. The standard InChI is InChI=1S/C19H20O2/c1-15-7-9-17(10-8-15)21-19-13-11-18(12-14-19)20-16-5-3-2-4-6-16/h2-9,11-13,17,19H,10,14H2,1H3. The first-order valence-electron chi connectivity index (χ1n) is 7.41. The molecule has 0 aromatic heterocycles. The van der Waals surface area contributed by atoms with Gasteiger partial charge in [0.05, 0.1) is 12.2 Å². The summed E-state index contributed by atoms with van der Waals surface area (Å²) < 4.78 is 11.9. The van der Waals surface area contributed by atoms with E-state index >= 15 is 0 Å². The highest BCUT2D eigenvalue weighted by atomic mass is 16.5. The zero-order valence-corrected chi connectivity index (χ0v) is 12.2. The smallest absolute Gasteiger partial charge is 0.127 e. The van der Waals surface area contributed by atoms with Gasteiger partial charge in [0.25, 0.3) is 0 Å². The van der Waals surface area contributed by atoms with E-state index in [0.717, 1.165) is 24.4 Å². The number of hydrogen-bond donors (Lipinski definition) is 0. The number of allylic oxidation sites excluding steroid dienone is 3. The topological polar surface area (TPSA) is 18.5 Å². The molecule has 0 fully saturated rings. The Hall–Kier alpha value is -2.06. The summed E-state index contributed by atoms with van der Waals surface area (Å²) in [4.78, 5) is 0. The zero-order valence-electron chi connectivity index (χ0n) is 12.2. The van der Waals surface area contributed by atoms with E-state index in [9.17, 15) is 0 Å². The first-order chi connectivity index (χ1) is 10.3. The molecule has 0 bridgehead atoms. The van der Waals surface area contributed by atoms with Crippen molar-refractivity contribution in [3.63, 3.8) is 0 Å². The van der Waals surface area contributed by atoms with Crippen LogP contribution >= 0.6 is 0 Å². The molecule has 0 N–H and O–H groups in total. The van der Waals surface area contributed by atoms with E-state index in [-0.39, 0.29) is 12.2 Å². The van der Waals surface area contributed by atoms with Gasteiger partial charge in [-0.25, -0.2) is 0 Å². The Bertz CT molecular complexity index is 593. The SMILES string of the molecule is CC1=CCC(OC2C=CC(Oc3ccccc3)=CC2)C=C1. The molecule has 0 saturated heterocycles. The van der Waals surface area contributed by atoms with Gasteiger partial charge in [0, 0.05) is 0 Å². The van der Waals surface area contributed by atoms with Gasteiger partial charge in [0.2, 0.25) is 0 Å². The summed E-state index contributed by atoms with van der Waals surface area (Å²) >= 11 is 0. The van der Waals surface area contributed by atoms with E-state index in [0.29, 0.717) is 0 Å². The van der Waals surface area contributed by atoms with Crippen LogP contribution in [0.2, 0.25) is 0 Å². The maximum atomic E-state index is 6.06. The molecule has 2 unspecified atom stereocenters. The van der Waals surface area contributed by atoms with Crippen LogP contribution in [0.4, 0.5) is 0 Å². The number of hydrogen-bond acceptors (Lipinski definition) is 2. The molecule has 1 aromatic rings. The fourth-order valence-electron chi connectivity index (χ4n) is 2.42. The zero-order chi connectivity index (χ0) is 14.5. The first kappa shape index (κ1) is 13.9. The van der Waals surface area contributed by atoms with Crippen LogP contribution in [0.3, 0.4) is 0 Å². The van der Waals surface area contributed by atoms with Gasteiger partial charge in [0.15, 0.2) is 0 Å². The van der Waals surface area contributed by atoms with E-state index in [2.05, 4.69) is 37.3 Å². The minimum Gasteiger partial charge on any atom is -0.458 e. The van der Waals surface area contributed by atoms with Crippen LogP contribution < -0.4 is 4.74 Å². The number of rotatable bonds is 4. The lowest BCUT2D eigenvalue weighted by Gasteiger charge is -2.23. The first-order valence-corrected chi connectivity index (χ1v) is 7.41. The second-order valence-electron chi connectivity index (χ2n) is 5.37. The number of benzene rings is 1. The molecule has 1 aromatic carbocycles. The summed E-state index contributed by atoms with van der Waals surface area (Å²) in [5.41, 5.74) is 1.31. The molecule has 2 aliphatic carbocycles. The normalized spacial score (nSPS) is 24.4. The molecular formula is C19H20O2. The van der Waals surface area contributed by atoms with Gasteiger partial charge in [-0.1, -0.05) is 48.1 Å². The molecule has 0 aliphatic heterocycles. The van der Waals surface area contributed by atoms with Crippen LogP contribution in [0.25, 0.3) is 0 Å². The van der Waals surface area contributed by atoms with Crippen molar-refractivity contribution in [3.05, 3.63) is 78.1 Å². The Morgan fingerprint density at radius 2 is 1.62 bits per heavy atom. The van der Waals surface area contributed by atoms with Crippen LogP contribution in [0.1, 0.15) is 19.8 Å². The van der Waals surface area contributed by atoms with Crippen molar-refractivity contribution in [1.82, 2.24) is 0 Å². The maximum Gasteiger partial charge on any atom is 0.127 e. The van der Waals surface area contributed by atoms with E-state index < -0.39 is 0 Å². The molecule has 0 spiro atoms. The Balaban J connectivity index is 1.51. The Kier molecular flexibility index (Phi) is 4.37. The Morgan fingerprint density at radius 1 is 0.905 bits per heavy atom. The quantitative estimate of drug-likeness (QED) is 0.804. The van der Waals surface area contributed by atoms with Crippen molar-refractivity contribution in [3.8, 4) is 5.75 Å². The fourth-order valence-corrected chi connectivity index (χ4v) is 2.42. The van der Waals surface area contributed by atoms with Gasteiger partial charge in [-0.15, -0.1) is 0 Å². The molecule has 0 amide bonds. The molecule has 0 radical (unpaired) electrons. The number of ether oxygens (including phenoxy) is 2.